The summed E-state index contributed by atoms with van der Waals surface area (Å²) in [6, 6.07) is 12.5. The van der Waals surface area contributed by atoms with Crippen molar-refractivity contribution in [3.05, 3.63) is 30.3 Å². The van der Waals surface area contributed by atoms with Gasteiger partial charge in [0.25, 0.3) is 0 Å². The molecule has 2 heteroatoms. The summed E-state index contributed by atoms with van der Waals surface area (Å²) < 4.78 is 0. The van der Waals surface area contributed by atoms with Crippen molar-refractivity contribution >= 4 is 11.7 Å². The number of rotatable bonds is 6. The van der Waals surface area contributed by atoms with Crippen molar-refractivity contribution in [3.8, 4) is 0 Å². The zero-order chi connectivity index (χ0) is 10.8. The molecule has 0 amide bonds. The van der Waals surface area contributed by atoms with Crippen LogP contribution in [0.1, 0.15) is 32.6 Å². The molecule has 0 aliphatic heterocycles. The highest BCUT2D eigenvalue weighted by Crippen LogP contribution is 2.07. The highest BCUT2D eigenvalue weighted by Gasteiger charge is 1.84. The summed E-state index contributed by atoms with van der Waals surface area (Å²) >= 11 is 0. The maximum absolute atomic E-state index is 4.12. The molecule has 15 heavy (non-hydrogen) atoms. The Bertz CT molecular complexity index is 311. The molecule has 0 bridgehead atoms. The monoisotopic (exact) mass is 202 g/mol. The Balaban J connectivity index is 2.23. The van der Waals surface area contributed by atoms with E-state index >= 15 is 0 Å². The van der Waals surface area contributed by atoms with Gasteiger partial charge in [0.05, 0.1) is 11.7 Å². The first kappa shape index (κ1) is 11.7. The standard InChI is InChI=1S/C13H18N2/c1-2-3-4-8-11-14-12-15-13-9-6-5-7-10-13/h5-7,9-10H,2-4,8,11H2,1H3. The largest absolute Gasteiger partial charge is 0.225 e. The molecule has 1 rings (SSSR count). The van der Waals surface area contributed by atoms with Crippen LogP contribution in [0.2, 0.25) is 0 Å². The first-order chi connectivity index (χ1) is 7.43. The van der Waals surface area contributed by atoms with Gasteiger partial charge in [-0.25, -0.2) is 4.99 Å². The van der Waals surface area contributed by atoms with Gasteiger partial charge in [0.15, 0.2) is 0 Å². The second-order valence-electron chi connectivity index (χ2n) is 3.49. The van der Waals surface area contributed by atoms with E-state index in [0.717, 1.165) is 18.7 Å². The van der Waals surface area contributed by atoms with Crippen LogP contribution in [0.5, 0.6) is 0 Å². The Morgan fingerprint density at radius 2 is 1.87 bits per heavy atom. The fourth-order valence-corrected chi connectivity index (χ4v) is 1.26. The van der Waals surface area contributed by atoms with Gasteiger partial charge in [-0.3, -0.25) is 0 Å². The average Bonchev–Trinajstić information content (AvgIpc) is 2.29. The van der Waals surface area contributed by atoms with Crippen LogP contribution in [-0.4, -0.2) is 12.6 Å². The van der Waals surface area contributed by atoms with Crippen LogP contribution in [0.25, 0.3) is 0 Å². The Morgan fingerprint density at radius 3 is 2.60 bits per heavy atom. The van der Waals surface area contributed by atoms with Crippen LogP contribution in [0.3, 0.4) is 0 Å². The van der Waals surface area contributed by atoms with Gasteiger partial charge < -0.3 is 0 Å². The smallest absolute Gasteiger partial charge is 0.0948 e. The molecular weight excluding hydrogens is 184 g/mol. The van der Waals surface area contributed by atoms with Crippen molar-refractivity contribution in [2.24, 2.45) is 9.98 Å². The lowest BCUT2D eigenvalue weighted by Gasteiger charge is -1.91. The summed E-state index contributed by atoms with van der Waals surface area (Å²) in [5.74, 6) is 0. The third-order valence-electron chi connectivity index (χ3n) is 2.13. The Morgan fingerprint density at radius 1 is 1.07 bits per heavy atom. The third-order valence-corrected chi connectivity index (χ3v) is 2.13. The quantitative estimate of drug-likeness (QED) is 0.490. The first-order valence-corrected chi connectivity index (χ1v) is 5.60. The summed E-state index contributed by atoms with van der Waals surface area (Å²) in [5, 5.41) is 0. The average molecular weight is 202 g/mol. The van der Waals surface area contributed by atoms with Gasteiger partial charge in [-0.2, -0.15) is 4.99 Å². The first-order valence-electron chi connectivity index (χ1n) is 5.60. The van der Waals surface area contributed by atoms with Gasteiger partial charge in [0.2, 0.25) is 0 Å². The lowest BCUT2D eigenvalue weighted by atomic mass is 10.2. The van der Waals surface area contributed by atoms with Crippen LogP contribution >= 0.6 is 0 Å². The van der Waals surface area contributed by atoms with Crippen LogP contribution in [0.15, 0.2) is 40.3 Å². The lowest BCUT2D eigenvalue weighted by Crippen LogP contribution is -1.80. The van der Waals surface area contributed by atoms with Crippen molar-refractivity contribution in [2.45, 2.75) is 32.6 Å². The van der Waals surface area contributed by atoms with Crippen molar-refractivity contribution in [1.29, 1.82) is 0 Å². The molecule has 0 saturated carbocycles. The van der Waals surface area contributed by atoms with Gasteiger partial charge in [0, 0.05) is 6.54 Å². The zero-order valence-corrected chi connectivity index (χ0v) is 9.32. The molecule has 80 valence electrons. The van der Waals surface area contributed by atoms with Gasteiger partial charge in [-0.05, 0) is 18.6 Å². The Kier molecular flexibility index (Phi) is 6.19. The minimum Gasteiger partial charge on any atom is -0.225 e. The van der Waals surface area contributed by atoms with E-state index in [1.807, 2.05) is 30.3 Å². The molecule has 2 nitrogen and oxygen atoms in total. The van der Waals surface area contributed by atoms with E-state index in [2.05, 4.69) is 22.9 Å². The minimum absolute atomic E-state index is 0.844. The Labute approximate surface area is 91.8 Å². The van der Waals surface area contributed by atoms with E-state index in [0.29, 0.717) is 0 Å². The van der Waals surface area contributed by atoms with Crippen LogP contribution in [-0.2, 0) is 0 Å². The lowest BCUT2D eigenvalue weighted by molar-refractivity contribution is 0.676. The van der Waals surface area contributed by atoms with E-state index < -0.39 is 0 Å². The normalized spacial score (nSPS) is 9.40. The van der Waals surface area contributed by atoms with Gasteiger partial charge >= 0.3 is 0 Å². The van der Waals surface area contributed by atoms with Gasteiger partial charge in [-0.15, -0.1) is 0 Å². The summed E-state index contributed by atoms with van der Waals surface area (Å²) in [6.45, 7) is 3.05. The van der Waals surface area contributed by atoms with Crippen molar-refractivity contribution in [1.82, 2.24) is 0 Å². The predicted molar refractivity (Wildman–Crippen MR) is 65.0 cm³/mol. The number of aliphatic imine (C=N–C) groups is 2. The van der Waals surface area contributed by atoms with Gasteiger partial charge in [-0.1, -0.05) is 44.4 Å². The number of benzene rings is 1. The van der Waals surface area contributed by atoms with Crippen LogP contribution in [0, 0.1) is 0 Å². The fourth-order valence-electron chi connectivity index (χ4n) is 1.26. The molecule has 1 aromatic rings. The highest BCUT2D eigenvalue weighted by atomic mass is 14.8. The molecule has 0 radical (unpaired) electrons. The van der Waals surface area contributed by atoms with Crippen molar-refractivity contribution in [2.75, 3.05) is 6.54 Å². The number of hydrogen-bond donors (Lipinski definition) is 0. The van der Waals surface area contributed by atoms with Crippen molar-refractivity contribution < 1.29 is 0 Å². The van der Waals surface area contributed by atoms with Gasteiger partial charge in [0.1, 0.15) is 0 Å². The maximum atomic E-state index is 4.12. The van der Waals surface area contributed by atoms with E-state index in [1.54, 1.807) is 0 Å². The van der Waals surface area contributed by atoms with Crippen LogP contribution in [0.4, 0.5) is 5.69 Å². The van der Waals surface area contributed by atoms with Crippen LogP contribution < -0.4 is 0 Å². The third kappa shape index (κ3) is 5.82. The molecule has 0 N–H and O–H groups in total. The summed E-state index contributed by atoms with van der Waals surface area (Å²) in [4.78, 5) is 8.23. The maximum Gasteiger partial charge on any atom is 0.0948 e. The topological polar surface area (TPSA) is 24.7 Å². The summed E-state index contributed by atoms with van der Waals surface area (Å²) in [5.41, 5.74) is 0.912. The summed E-state index contributed by atoms with van der Waals surface area (Å²) in [7, 11) is 0. The molecule has 0 unspecified atom stereocenters. The zero-order valence-electron chi connectivity index (χ0n) is 9.32. The molecular formula is C13H18N2. The van der Waals surface area contributed by atoms with Crippen molar-refractivity contribution in [3.63, 3.8) is 0 Å². The number of unbranched alkanes of at least 4 members (excludes halogenated alkanes) is 3. The van der Waals surface area contributed by atoms with E-state index in [1.165, 1.54) is 19.3 Å². The second-order valence-corrected chi connectivity index (χ2v) is 3.49. The fraction of sp³-hybridized carbons (Fsp3) is 0.462. The Hall–Kier alpha value is -1.40. The van der Waals surface area contributed by atoms with E-state index in [9.17, 15) is 0 Å². The molecule has 0 aliphatic carbocycles. The number of para-hydroxylation sites is 1. The SMILES string of the molecule is CCCCCCN=C=Nc1ccccc1. The molecule has 0 aliphatic rings. The molecule has 0 heterocycles. The minimum atomic E-state index is 0.844. The number of hydrogen-bond acceptors (Lipinski definition) is 2. The molecule has 0 spiro atoms. The predicted octanol–water partition coefficient (Wildman–Crippen LogP) is 4.07. The second kappa shape index (κ2) is 7.95. The van der Waals surface area contributed by atoms with E-state index in [-0.39, 0.29) is 0 Å². The highest BCUT2D eigenvalue weighted by molar-refractivity contribution is 5.51. The number of nitrogens with zero attached hydrogens (tertiary/aromatic N) is 2. The summed E-state index contributed by atoms with van der Waals surface area (Å²) in [6.07, 6.45) is 4.96. The molecule has 0 atom stereocenters. The molecule has 0 saturated heterocycles. The molecule has 0 aromatic heterocycles. The van der Waals surface area contributed by atoms with E-state index in [4.69, 9.17) is 0 Å². The molecule has 1 aromatic carbocycles. The molecule has 0 fully saturated rings.